The smallest absolute Gasteiger partial charge is 0.339 e. The van der Waals surface area contributed by atoms with Crippen LogP contribution in [0.1, 0.15) is 45.3 Å². The average molecular weight is 328 g/mol. The van der Waals surface area contributed by atoms with Crippen molar-refractivity contribution in [3.8, 4) is 0 Å². The number of methoxy groups -OCH3 is 1. The second kappa shape index (κ2) is 6.47. The van der Waals surface area contributed by atoms with Gasteiger partial charge >= 0.3 is 5.97 Å². The molecule has 1 aliphatic rings. The van der Waals surface area contributed by atoms with Crippen LogP contribution in [0.2, 0.25) is 0 Å². The highest BCUT2D eigenvalue weighted by Crippen LogP contribution is 2.33. The highest BCUT2D eigenvalue weighted by molar-refractivity contribution is 6.08. The standard InChI is InChI=1S/C18H20N2O4/c1-11-16(24-15(19-11)10-12-8-9-12)17(21)20(2)14-7-5-4-6-13(14)18(22)23-3/h4-7,12H,8-10H2,1-3H3. The Morgan fingerprint density at radius 2 is 2.04 bits per heavy atom. The number of ether oxygens (including phenoxy) is 1. The van der Waals surface area contributed by atoms with Gasteiger partial charge in [-0.05, 0) is 37.8 Å². The lowest BCUT2D eigenvalue weighted by molar-refractivity contribution is 0.0601. The summed E-state index contributed by atoms with van der Waals surface area (Å²) >= 11 is 0. The van der Waals surface area contributed by atoms with Crippen molar-refractivity contribution in [3.63, 3.8) is 0 Å². The third kappa shape index (κ3) is 3.18. The topological polar surface area (TPSA) is 72.6 Å². The Labute approximate surface area is 140 Å². The van der Waals surface area contributed by atoms with Gasteiger partial charge in [0.05, 0.1) is 24.1 Å². The van der Waals surface area contributed by atoms with E-state index in [9.17, 15) is 9.59 Å². The van der Waals surface area contributed by atoms with E-state index in [0.717, 1.165) is 6.42 Å². The number of oxazole rings is 1. The van der Waals surface area contributed by atoms with Crippen LogP contribution in [-0.2, 0) is 11.2 Å². The first-order valence-electron chi connectivity index (χ1n) is 7.93. The van der Waals surface area contributed by atoms with Gasteiger partial charge in [0.2, 0.25) is 5.76 Å². The molecule has 0 radical (unpaired) electrons. The van der Waals surface area contributed by atoms with Crippen molar-refractivity contribution in [2.75, 3.05) is 19.1 Å². The highest BCUT2D eigenvalue weighted by atomic mass is 16.5. The number of esters is 1. The molecule has 24 heavy (non-hydrogen) atoms. The molecule has 1 amide bonds. The lowest BCUT2D eigenvalue weighted by Gasteiger charge is -2.18. The summed E-state index contributed by atoms with van der Waals surface area (Å²) in [6.07, 6.45) is 3.16. The molecule has 1 fully saturated rings. The molecule has 3 rings (SSSR count). The Kier molecular flexibility index (Phi) is 4.38. The first-order chi connectivity index (χ1) is 11.5. The molecule has 1 aromatic heterocycles. The molecule has 1 aliphatic carbocycles. The lowest BCUT2D eigenvalue weighted by atomic mass is 10.1. The number of anilines is 1. The van der Waals surface area contributed by atoms with Crippen LogP contribution in [0.25, 0.3) is 0 Å². The van der Waals surface area contributed by atoms with Crippen LogP contribution in [-0.4, -0.2) is 31.0 Å². The molecule has 0 atom stereocenters. The monoisotopic (exact) mass is 328 g/mol. The zero-order valence-corrected chi connectivity index (χ0v) is 14.0. The SMILES string of the molecule is COC(=O)c1ccccc1N(C)C(=O)c1oc(CC2CC2)nc1C. The first-order valence-corrected chi connectivity index (χ1v) is 7.93. The second-order valence-corrected chi connectivity index (χ2v) is 6.04. The van der Waals surface area contributed by atoms with E-state index < -0.39 is 5.97 Å². The number of aromatic nitrogens is 1. The van der Waals surface area contributed by atoms with Crippen LogP contribution >= 0.6 is 0 Å². The molecule has 0 spiro atoms. The maximum atomic E-state index is 12.8. The van der Waals surface area contributed by atoms with Gasteiger partial charge in [-0.3, -0.25) is 4.79 Å². The average Bonchev–Trinajstić information content (AvgIpc) is 3.33. The summed E-state index contributed by atoms with van der Waals surface area (Å²) in [5, 5.41) is 0. The number of para-hydroxylation sites is 1. The fourth-order valence-corrected chi connectivity index (χ4v) is 2.62. The van der Waals surface area contributed by atoms with Crippen LogP contribution < -0.4 is 4.90 Å². The summed E-state index contributed by atoms with van der Waals surface area (Å²) in [4.78, 5) is 30.4. The number of amides is 1. The lowest BCUT2D eigenvalue weighted by Crippen LogP contribution is -2.28. The summed E-state index contributed by atoms with van der Waals surface area (Å²) in [7, 11) is 2.91. The van der Waals surface area contributed by atoms with Crippen molar-refractivity contribution in [3.05, 3.63) is 47.2 Å². The van der Waals surface area contributed by atoms with Crippen molar-refractivity contribution in [2.45, 2.75) is 26.2 Å². The summed E-state index contributed by atoms with van der Waals surface area (Å²) in [5.74, 6) is 0.622. The van der Waals surface area contributed by atoms with Crippen LogP contribution in [0.15, 0.2) is 28.7 Å². The Balaban J connectivity index is 1.87. The molecule has 1 aromatic carbocycles. The molecule has 0 unspecified atom stereocenters. The molecular formula is C18H20N2O4. The van der Waals surface area contributed by atoms with Crippen LogP contribution in [0, 0.1) is 12.8 Å². The Hall–Kier alpha value is -2.63. The van der Waals surface area contributed by atoms with Gasteiger partial charge in [0.15, 0.2) is 5.89 Å². The minimum atomic E-state index is -0.492. The van der Waals surface area contributed by atoms with Gasteiger partial charge in [0.25, 0.3) is 5.91 Å². The van der Waals surface area contributed by atoms with E-state index in [1.807, 2.05) is 0 Å². The number of carbonyl (C=O) groups is 2. The van der Waals surface area contributed by atoms with E-state index in [4.69, 9.17) is 9.15 Å². The van der Waals surface area contributed by atoms with Crippen molar-refractivity contribution in [1.29, 1.82) is 0 Å². The molecule has 0 saturated heterocycles. The predicted octanol–water partition coefficient (Wildman–Crippen LogP) is 3.00. The molecule has 1 saturated carbocycles. The van der Waals surface area contributed by atoms with E-state index in [0.29, 0.717) is 28.8 Å². The summed E-state index contributed by atoms with van der Waals surface area (Å²) in [6.45, 7) is 1.76. The molecule has 0 bridgehead atoms. The van der Waals surface area contributed by atoms with Gasteiger partial charge in [0, 0.05) is 13.5 Å². The van der Waals surface area contributed by atoms with E-state index in [2.05, 4.69) is 4.98 Å². The Bertz CT molecular complexity index is 777. The van der Waals surface area contributed by atoms with E-state index in [1.165, 1.54) is 24.9 Å². The normalized spacial score (nSPS) is 13.6. The summed E-state index contributed by atoms with van der Waals surface area (Å²) in [5.41, 5.74) is 1.36. The molecule has 0 aliphatic heterocycles. The summed E-state index contributed by atoms with van der Waals surface area (Å²) in [6, 6.07) is 6.80. The van der Waals surface area contributed by atoms with Gasteiger partial charge in [-0.2, -0.15) is 0 Å². The number of benzene rings is 1. The minimum Gasteiger partial charge on any atom is -0.465 e. The predicted molar refractivity (Wildman–Crippen MR) is 88.2 cm³/mol. The molecule has 1 heterocycles. The van der Waals surface area contributed by atoms with Crippen molar-refractivity contribution < 1.29 is 18.7 Å². The fraction of sp³-hybridized carbons (Fsp3) is 0.389. The molecule has 0 N–H and O–H groups in total. The number of nitrogens with zero attached hydrogens (tertiary/aromatic N) is 2. The number of rotatable bonds is 5. The number of carbonyl (C=O) groups excluding carboxylic acids is 2. The zero-order valence-electron chi connectivity index (χ0n) is 14.0. The number of aryl methyl sites for hydroxylation is 1. The van der Waals surface area contributed by atoms with Gasteiger partial charge in [-0.25, -0.2) is 9.78 Å². The van der Waals surface area contributed by atoms with Crippen molar-refractivity contribution in [1.82, 2.24) is 4.98 Å². The summed E-state index contributed by atoms with van der Waals surface area (Å²) < 4.78 is 10.5. The van der Waals surface area contributed by atoms with Crippen molar-refractivity contribution in [2.24, 2.45) is 5.92 Å². The molecular weight excluding hydrogens is 308 g/mol. The Morgan fingerprint density at radius 3 is 2.71 bits per heavy atom. The van der Waals surface area contributed by atoms with Crippen molar-refractivity contribution >= 4 is 17.6 Å². The molecule has 2 aromatic rings. The minimum absolute atomic E-state index is 0.216. The maximum absolute atomic E-state index is 12.8. The first kappa shape index (κ1) is 16.2. The van der Waals surface area contributed by atoms with E-state index in [-0.39, 0.29) is 11.7 Å². The fourth-order valence-electron chi connectivity index (χ4n) is 2.62. The van der Waals surface area contributed by atoms with Gasteiger partial charge in [-0.15, -0.1) is 0 Å². The van der Waals surface area contributed by atoms with Gasteiger partial charge in [-0.1, -0.05) is 12.1 Å². The number of hydrogen-bond acceptors (Lipinski definition) is 5. The third-order valence-electron chi connectivity index (χ3n) is 4.17. The molecule has 126 valence electrons. The maximum Gasteiger partial charge on any atom is 0.339 e. The molecule has 6 heteroatoms. The zero-order chi connectivity index (χ0) is 17.3. The molecule has 6 nitrogen and oxygen atoms in total. The Morgan fingerprint density at radius 1 is 1.33 bits per heavy atom. The van der Waals surface area contributed by atoms with E-state index in [1.54, 1.807) is 38.2 Å². The van der Waals surface area contributed by atoms with Gasteiger partial charge in [0.1, 0.15) is 0 Å². The third-order valence-corrected chi connectivity index (χ3v) is 4.17. The van der Waals surface area contributed by atoms with E-state index >= 15 is 0 Å². The van der Waals surface area contributed by atoms with Crippen LogP contribution in [0.4, 0.5) is 5.69 Å². The largest absolute Gasteiger partial charge is 0.465 e. The van der Waals surface area contributed by atoms with Crippen LogP contribution in [0.5, 0.6) is 0 Å². The van der Waals surface area contributed by atoms with Crippen LogP contribution in [0.3, 0.4) is 0 Å². The second-order valence-electron chi connectivity index (χ2n) is 6.04. The highest BCUT2D eigenvalue weighted by Gasteiger charge is 2.28. The quantitative estimate of drug-likeness (QED) is 0.789. The van der Waals surface area contributed by atoms with Gasteiger partial charge < -0.3 is 14.1 Å². The number of hydrogen-bond donors (Lipinski definition) is 0.